The lowest BCUT2D eigenvalue weighted by atomic mass is 9.75. The van der Waals surface area contributed by atoms with Gasteiger partial charge in [0, 0.05) is 70.2 Å². The summed E-state index contributed by atoms with van der Waals surface area (Å²) < 4.78 is 93.2. The smallest absolute Gasteiger partial charge is 0.495 e. The Labute approximate surface area is 824 Å². The molecule has 732 valence electrons. The molecular formula is C117H131BO21Si. The van der Waals surface area contributed by atoms with E-state index in [9.17, 15) is 24.3 Å². The molecule has 23 heteroatoms. The molecule has 0 radical (unpaired) electrons. The molecule has 11 aromatic carbocycles. The zero-order chi connectivity index (χ0) is 99.1. The van der Waals surface area contributed by atoms with Gasteiger partial charge in [0.25, 0.3) is 0 Å². The fourth-order valence-corrected chi connectivity index (χ4v) is 22.4. The first-order valence-corrected chi connectivity index (χ1v) is 52.0. The molecule has 0 unspecified atom stereocenters. The van der Waals surface area contributed by atoms with E-state index in [4.69, 9.17) is 75.3 Å². The molecule has 1 fully saturated rings. The largest absolute Gasteiger partial charge is 0.543 e. The Morgan fingerprint density at radius 1 is 0.364 bits per heavy atom. The predicted octanol–water partition coefficient (Wildman–Crippen LogP) is 24.4. The number of rotatable bonds is 23. The minimum Gasteiger partial charge on any atom is -0.543 e. The van der Waals surface area contributed by atoms with Gasteiger partial charge < -0.3 is 80.4 Å². The van der Waals surface area contributed by atoms with Gasteiger partial charge in [0.1, 0.15) is 87.7 Å². The average Bonchev–Trinajstić information content (AvgIpc) is 1.60. The first-order chi connectivity index (χ1) is 67.0. The minimum absolute atomic E-state index is 0.000806. The van der Waals surface area contributed by atoms with Crippen molar-refractivity contribution in [3.05, 3.63) is 282 Å². The summed E-state index contributed by atoms with van der Waals surface area (Å²) in [6.07, 6.45) is 8.70. The molecule has 0 bridgehead atoms. The van der Waals surface area contributed by atoms with Gasteiger partial charge in [0.2, 0.25) is 8.32 Å². The van der Waals surface area contributed by atoms with E-state index in [1.54, 1.807) is 7.11 Å². The van der Waals surface area contributed by atoms with Gasteiger partial charge in [-0.15, -0.1) is 0 Å². The zero-order valence-electron chi connectivity index (χ0n) is 84.4. The highest BCUT2D eigenvalue weighted by atomic mass is 28.4. The molecule has 1 N–H and O–H groups in total. The first-order valence-electron chi connectivity index (χ1n) is 49.1. The van der Waals surface area contributed by atoms with Crippen LogP contribution < -0.4 is 52.5 Å². The van der Waals surface area contributed by atoms with Crippen molar-refractivity contribution in [2.75, 3.05) is 62.0 Å². The number of carbonyl (C=O) groups excluding carboxylic acids is 4. The number of methoxy groups -OCH3 is 5. The summed E-state index contributed by atoms with van der Waals surface area (Å²) in [5.41, 5.74) is 29.3. The van der Waals surface area contributed by atoms with Crippen LogP contribution in [0, 0.1) is 41.5 Å². The van der Waals surface area contributed by atoms with Gasteiger partial charge >= 0.3 is 31.0 Å². The zero-order valence-corrected chi connectivity index (χ0v) is 85.4. The molecule has 11 aromatic rings. The maximum Gasteiger partial charge on any atom is 0.495 e. The van der Waals surface area contributed by atoms with Crippen LogP contribution in [-0.4, -0.2) is 118 Å². The number of carbonyl (C=O) groups is 4. The summed E-state index contributed by atoms with van der Waals surface area (Å²) in [6, 6.07) is 61.8. The molecule has 5 aliphatic heterocycles. The van der Waals surface area contributed by atoms with E-state index < -0.39 is 8.32 Å². The van der Waals surface area contributed by atoms with Gasteiger partial charge in [-0.25, -0.2) is 0 Å². The topological polar surface area (TPSA) is 236 Å². The number of hydrogen-bond donors (Lipinski definition) is 1. The standard InChI is InChI=1S/C34H42O5Si.C29H30O5.C28H28O5.C26H31BO6/c1-21-16-25(39-40(7,8)34(3,4)5)17-22(2)33(21)29-11-9-10-28-27(29)14-15-30(28)38-24-12-13-26-23(18-32(35)36-6)20-37-31(26)19-24;1-17-12-21(31-3)13-18(2)29(17)25-7-5-6-24-23(25)10-11-26(24)34-20-8-9-22-19(14-28(30)32-4)16-33-27(22)15-20;1-16-11-19(29)12-17(2)28(16)24-6-4-5-23-22(24)9-10-25(23)33-20-7-8-21-18(13-27(30)31-3)15-32-26(21)14-20;1-25(2)26(3,4)33-27(32-25)21-8-6-7-20-19(21)11-12-22(20)31-17-9-10-18-16(13-24(28)29-5)15-30-23(18)14-17/h9-13,16-17,19,23,30H,14-15,18,20H2,1-8H3;5-9,12-13,15,19,26H,10-11,14,16H2,1-4H3;4-8,11-12,14,18,25,29H,9-10,13,15H2,1-3H3;6-10,14,16,22H,11-13,15H2,1-5H3/t23-,30-;19-,26-;18-,25-;16-,22-/m1111/s1. The summed E-state index contributed by atoms with van der Waals surface area (Å²) in [5.74, 6) is 7.65. The van der Waals surface area contributed by atoms with E-state index in [-0.39, 0.29) is 95.3 Å². The molecule has 5 heterocycles. The van der Waals surface area contributed by atoms with Crippen LogP contribution in [0.2, 0.25) is 18.1 Å². The molecular weight excluding hydrogens is 1780 g/mol. The van der Waals surface area contributed by atoms with Gasteiger partial charge in [-0.05, 0) is 316 Å². The van der Waals surface area contributed by atoms with E-state index in [0.717, 1.165) is 148 Å². The van der Waals surface area contributed by atoms with Crippen molar-refractivity contribution in [3.63, 3.8) is 0 Å². The molecule has 21 nitrogen and oxygen atoms in total. The third kappa shape index (κ3) is 20.6. The molecule has 9 aliphatic rings. The van der Waals surface area contributed by atoms with E-state index >= 15 is 0 Å². The van der Waals surface area contributed by atoms with Gasteiger partial charge in [0.15, 0.2) is 0 Å². The molecule has 4 aliphatic carbocycles. The molecule has 0 saturated carbocycles. The van der Waals surface area contributed by atoms with E-state index in [1.165, 1.54) is 129 Å². The number of esters is 4. The van der Waals surface area contributed by atoms with Crippen molar-refractivity contribution >= 4 is 44.8 Å². The van der Waals surface area contributed by atoms with E-state index in [1.807, 2.05) is 98.8 Å². The van der Waals surface area contributed by atoms with Crippen LogP contribution in [0.25, 0.3) is 33.4 Å². The average molecular weight is 1910 g/mol. The van der Waals surface area contributed by atoms with Crippen molar-refractivity contribution < 1.29 is 99.6 Å². The molecule has 140 heavy (non-hydrogen) atoms. The van der Waals surface area contributed by atoms with Crippen molar-refractivity contribution in [1.29, 1.82) is 0 Å². The van der Waals surface area contributed by atoms with E-state index in [2.05, 4.69) is 186 Å². The highest BCUT2D eigenvalue weighted by molar-refractivity contribution is 6.74. The highest BCUT2D eigenvalue weighted by Crippen LogP contribution is 2.52. The molecule has 20 rings (SSSR count). The highest BCUT2D eigenvalue weighted by Gasteiger charge is 2.53. The number of ether oxygens (including phenoxy) is 13. The lowest BCUT2D eigenvalue weighted by Crippen LogP contribution is -2.43. The Hall–Kier alpha value is -12.7. The number of phenols is 1. The van der Waals surface area contributed by atoms with Crippen molar-refractivity contribution in [2.24, 2.45) is 0 Å². The fraction of sp³-hybridized carbons (Fsp3) is 0.402. The third-order valence-corrected chi connectivity index (χ3v) is 34.7. The normalized spacial score (nSPS) is 19.6. The summed E-state index contributed by atoms with van der Waals surface area (Å²) in [4.78, 5) is 46.8. The van der Waals surface area contributed by atoms with Crippen molar-refractivity contribution in [1.82, 2.24) is 0 Å². The molecule has 0 spiro atoms. The van der Waals surface area contributed by atoms with Crippen LogP contribution in [0.15, 0.2) is 182 Å². The summed E-state index contributed by atoms with van der Waals surface area (Å²) >= 11 is 0. The van der Waals surface area contributed by atoms with Crippen LogP contribution >= 0.6 is 0 Å². The predicted molar refractivity (Wildman–Crippen MR) is 544 cm³/mol. The van der Waals surface area contributed by atoms with E-state index in [0.29, 0.717) is 57.9 Å². The molecule has 0 amide bonds. The second-order valence-electron chi connectivity index (χ2n) is 41.0. The summed E-state index contributed by atoms with van der Waals surface area (Å²) in [5, 5.41) is 10.1. The number of aromatic hydroxyl groups is 1. The lowest BCUT2D eigenvalue weighted by Gasteiger charge is -2.36. The van der Waals surface area contributed by atoms with Crippen molar-refractivity contribution in [2.45, 2.75) is 244 Å². The van der Waals surface area contributed by atoms with Crippen LogP contribution in [0.4, 0.5) is 0 Å². The SMILES string of the molecule is COC(=O)C[C@@H]1COc2cc(O[C@@H]3CCc4c(-c5c(C)cc(O)cc5C)cccc43)ccc21.COC(=O)C[C@@H]1COc2cc(O[C@@H]3CCc4c(-c5c(C)cc(OC)cc5C)cccc43)ccc21.COC(=O)C[C@@H]1COc2cc(O[C@@H]3CCc4c(-c5c(C)cc(O[Si](C)(C)C(C)(C)C)cc5C)cccc43)ccc21.COC(=O)C[C@@H]1COc2cc(O[C@@H]3CCc4c(B5OC(C)(C)C(C)(C)O5)cccc43)ccc21. The van der Waals surface area contributed by atoms with Gasteiger partial charge in [0.05, 0.1) is 98.9 Å². The summed E-state index contributed by atoms with van der Waals surface area (Å²) in [7, 11) is 5.07. The monoisotopic (exact) mass is 1910 g/mol. The maximum absolute atomic E-state index is 11.8. The Morgan fingerprint density at radius 3 is 0.936 bits per heavy atom. The minimum atomic E-state index is -1.92. The number of hydrogen-bond acceptors (Lipinski definition) is 21. The third-order valence-electron chi connectivity index (χ3n) is 30.3. The van der Waals surface area contributed by atoms with Gasteiger partial charge in [-0.2, -0.15) is 0 Å². The first kappa shape index (κ1) is 98.9. The van der Waals surface area contributed by atoms with Crippen molar-refractivity contribution in [3.8, 4) is 96.6 Å². The second kappa shape index (κ2) is 40.9. The quantitative estimate of drug-likeness (QED) is 0.0356. The Kier molecular flexibility index (Phi) is 28.9. The Bertz CT molecular complexity index is 6460. The van der Waals surface area contributed by atoms with Gasteiger partial charge in [-0.1, -0.05) is 118 Å². The molecule has 0 aromatic heterocycles. The molecule has 8 atom stereocenters. The summed E-state index contributed by atoms with van der Waals surface area (Å²) in [6.45, 7) is 34.4. The Balaban J connectivity index is 0.000000129. The Morgan fingerprint density at radius 2 is 0.643 bits per heavy atom. The van der Waals surface area contributed by atoms with Crippen LogP contribution in [-0.2, 0) is 73.1 Å². The number of benzene rings is 11. The van der Waals surface area contributed by atoms with Gasteiger partial charge in [-0.3, -0.25) is 19.2 Å². The lowest BCUT2D eigenvalue weighted by molar-refractivity contribution is -0.142. The fourth-order valence-electron chi connectivity index (χ4n) is 21.4. The second-order valence-corrected chi connectivity index (χ2v) is 45.8. The molecule has 1 saturated heterocycles. The number of aryl methyl sites for hydroxylation is 6. The van der Waals surface area contributed by atoms with Crippen LogP contribution in [0.5, 0.6) is 63.2 Å². The maximum atomic E-state index is 11.8. The number of phenolic OH excluding ortho intramolecular Hbond substituents is 1. The van der Waals surface area contributed by atoms with Crippen LogP contribution in [0.1, 0.15) is 248 Å². The van der Waals surface area contributed by atoms with Crippen LogP contribution in [0.3, 0.4) is 0 Å². The number of fused-ring (bicyclic) bond motifs is 8.